The summed E-state index contributed by atoms with van der Waals surface area (Å²) in [6.45, 7) is 4.58. The molecule has 102 valence electrons. The molecule has 0 saturated heterocycles. The Hall–Kier alpha value is -1.57. The van der Waals surface area contributed by atoms with Gasteiger partial charge >= 0.3 is 6.18 Å². The zero-order valence-electron chi connectivity index (χ0n) is 10.2. The van der Waals surface area contributed by atoms with Gasteiger partial charge in [0.05, 0.1) is 0 Å². The van der Waals surface area contributed by atoms with Crippen LogP contribution < -0.4 is 16.6 Å². The molecule has 0 fully saturated rings. The van der Waals surface area contributed by atoms with Crippen LogP contribution in [-0.4, -0.2) is 16.5 Å². The number of hydrogen-bond donors (Lipinski definition) is 3. The van der Waals surface area contributed by atoms with E-state index in [0.29, 0.717) is 12.5 Å². The summed E-state index contributed by atoms with van der Waals surface area (Å²) >= 11 is 0. The van der Waals surface area contributed by atoms with Crippen molar-refractivity contribution < 1.29 is 13.2 Å². The van der Waals surface area contributed by atoms with Crippen molar-refractivity contribution in [3.05, 3.63) is 11.8 Å². The number of nitrogens with one attached hydrogen (secondary N) is 2. The van der Waals surface area contributed by atoms with Crippen molar-refractivity contribution in [2.45, 2.75) is 26.4 Å². The van der Waals surface area contributed by atoms with Crippen LogP contribution in [-0.2, 0) is 6.18 Å². The average molecular weight is 263 g/mol. The number of nitrogens with two attached hydrogens (primary N) is 1. The quantitative estimate of drug-likeness (QED) is 0.561. The molecule has 1 aromatic heterocycles. The van der Waals surface area contributed by atoms with Crippen LogP contribution >= 0.6 is 0 Å². The maximum Gasteiger partial charge on any atom is 0.433 e. The lowest BCUT2D eigenvalue weighted by Gasteiger charge is -2.12. The zero-order valence-corrected chi connectivity index (χ0v) is 10.2. The van der Waals surface area contributed by atoms with E-state index in [1.165, 1.54) is 0 Å². The summed E-state index contributed by atoms with van der Waals surface area (Å²) in [5.41, 5.74) is 0.987. The Labute approximate surface area is 103 Å². The molecule has 0 unspecified atom stereocenters. The fourth-order valence-electron chi connectivity index (χ4n) is 1.24. The van der Waals surface area contributed by atoms with Gasteiger partial charge in [-0.2, -0.15) is 18.2 Å². The molecule has 0 aliphatic rings. The molecule has 1 rings (SSSR count). The molecular formula is C10H16F3N5. The van der Waals surface area contributed by atoms with Crippen LogP contribution in [0.2, 0.25) is 0 Å². The largest absolute Gasteiger partial charge is 0.433 e. The smallest absolute Gasteiger partial charge is 0.370 e. The third-order valence-corrected chi connectivity index (χ3v) is 2.17. The molecule has 0 amide bonds. The fourth-order valence-corrected chi connectivity index (χ4v) is 1.24. The van der Waals surface area contributed by atoms with Gasteiger partial charge in [-0.3, -0.25) is 5.43 Å². The lowest BCUT2D eigenvalue weighted by molar-refractivity contribution is -0.141. The van der Waals surface area contributed by atoms with Crippen molar-refractivity contribution in [1.29, 1.82) is 0 Å². The summed E-state index contributed by atoms with van der Waals surface area (Å²) in [4.78, 5) is 7.06. The highest BCUT2D eigenvalue weighted by molar-refractivity contribution is 5.42. The predicted octanol–water partition coefficient (Wildman–Crippen LogP) is 2.24. The monoisotopic (exact) mass is 263 g/mol. The summed E-state index contributed by atoms with van der Waals surface area (Å²) < 4.78 is 37.6. The first kappa shape index (κ1) is 14.5. The van der Waals surface area contributed by atoms with Crippen LogP contribution in [0.5, 0.6) is 0 Å². The highest BCUT2D eigenvalue weighted by atomic mass is 19.4. The van der Waals surface area contributed by atoms with E-state index < -0.39 is 11.9 Å². The lowest BCUT2D eigenvalue weighted by atomic mass is 10.1. The lowest BCUT2D eigenvalue weighted by Crippen LogP contribution is -2.17. The fraction of sp³-hybridized carbons (Fsp3) is 0.600. The van der Waals surface area contributed by atoms with Crippen LogP contribution in [0.3, 0.4) is 0 Å². The Kier molecular flexibility index (Phi) is 4.71. The number of hydrogen-bond acceptors (Lipinski definition) is 5. The van der Waals surface area contributed by atoms with E-state index in [-0.39, 0.29) is 11.8 Å². The van der Waals surface area contributed by atoms with Crippen molar-refractivity contribution in [2.75, 3.05) is 17.3 Å². The maximum absolute atomic E-state index is 12.5. The predicted molar refractivity (Wildman–Crippen MR) is 62.8 cm³/mol. The highest BCUT2D eigenvalue weighted by Gasteiger charge is 2.33. The molecule has 0 saturated carbocycles. The highest BCUT2D eigenvalue weighted by Crippen LogP contribution is 2.29. The summed E-state index contributed by atoms with van der Waals surface area (Å²) in [6.07, 6.45) is -3.69. The average Bonchev–Trinajstić information content (AvgIpc) is 2.27. The molecule has 5 nitrogen and oxygen atoms in total. The van der Waals surface area contributed by atoms with Crippen LogP contribution in [0, 0.1) is 5.92 Å². The molecule has 1 aromatic rings. The van der Waals surface area contributed by atoms with Crippen molar-refractivity contribution in [3.63, 3.8) is 0 Å². The van der Waals surface area contributed by atoms with E-state index >= 15 is 0 Å². The summed E-state index contributed by atoms with van der Waals surface area (Å²) in [5.74, 6) is 5.33. The Bertz CT molecular complexity index is 392. The molecule has 0 spiro atoms. The van der Waals surface area contributed by atoms with Gasteiger partial charge < -0.3 is 5.32 Å². The second-order valence-corrected chi connectivity index (χ2v) is 4.21. The molecule has 8 heteroatoms. The van der Waals surface area contributed by atoms with Gasteiger partial charge in [-0.1, -0.05) is 13.8 Å². The van der Waals surface area contributed by atoms with Gasteiger partial charge in [0.2, 0.25) is 5.95 Å². The van der Waals surface area contributed by atoms with Crippen LogP contribution in [0.1, 0.15) is 26.0 Å². The third-order valence-electron chi connectivity index (χ3n) is 2.17. The van der Waals surface area contributed by atoms with E-state index in [0.717, 1.165) is 12.5 Å². The van der Waals surface area contributed by atoms with Gasteiger partial charge in [-0.15, -0.1) is 0 Å². The molecule has 4 N–H and O–H groups in total. The number of hydrazine groups is 1. The number of halogens is 3. The van der Waals surface area contributed by atoms with E-state index in [1.54, 1.807) is 0 Å². The number of aromatic nitrogens is 2. The Balaban J connectivity index is 2.84. The van der Waals surface area contributed by atoms with Crippen LogP contribution in [0.25, 0.3) is 0 Å². The topological polar surface area (TPSA) is 75.9 Å². The van der Waals surface area contributed by atoms with Crippen molar-refractivity contribution in [1.82, 2.24) is 9.97 Å². The van der Waals surface area contributed by atoms with E-state index in [4.69, 9.17) is 5.84 Å². The first-order chi connectivity index (χ1) is 8.32. The minimum absolute atomic E-state index is 0.103. The molecule has 0 bridgehead atoms. The number of nitrogen functional groups attached to an aromatic ring is 1. The molecule has 18 heavy (non-hydrogen) atoms. The summed E-state index contributed by atoms with van der Waals surface area (Å²) in [7, 11) is 0. The number of anilines is 2. The third kappa shape index (κ3) is 4.36. The van der Waals surface area contributed by atoms with Gasteiger partial charge in [0.1, 0.15) is 5.82 Å². The van der Waals surface area contributed by atoms with Crippen molar-refractivity contribution in [2.24, 2.45) is 11.8 Å². The molecule has 1 heterocycles. The second-order valence-electron chi connectivity index (χ2n) is 4.21. The molecule has 0 aromatic carbocycles. The van der Waals surface area contributed by atoms with Gasteiger partial charge in [0, 0.05) is 12.6 Å². The first-order valence-corrected chi connectivity index (χ1v) is 5.49. The van der Waals surface area contributed by atoms with Gasteiger partial charge in [-0.25, -0.2) is 10.8 Å². The molecule has 0 aliphatic heterocycles. The van der Waals surface area contributed by atoms with Crippen molar-refractivity contribution in [3.8, 4) is 0 Å². The molecule has 0 atom stereocenters. The SMILES string of the molecule is CC(C)CCNc1cc(C(F)(F)F)nc(NN)n1. The first-order valence-electron chi connectivity index (χ1n) is 5.49. The maximum atomic E-state index is 12.5. The van der Waals surface area contributed by atoms with Gasteiger partial charge in [-0.05, 0) is 12.3 Å². The van der Waals surface area contributed by atoms with E-state index in [1.807, 2.05) is 19.3 Å². The second kappa shape index (κ2) is 5.85. The minimum Gasteiger partial charge on any atom is -0.370 e. The van der Waals surface area contributed by atoms with Crippen molar-refractivity contribution >= 4 is 11.8 Å². The van der Waals surface area contributed by atoms with Gasteiger partial charge in [0.25, 0.3) is 0 Å². The van der Waals surface area contributed by atoms with Gasteiger partial charge in [0.15, 0.2) is 5.69 Å². The zero-order chi connectivity index (χ0) is 13.8. The Morgan fingerprint density at radius 3 is 2.50 bits per heavy atom. The number of alkyl halides is 3. The number of nitrogens with zero attached hydrogens (tertiary/aromatic N) is 2. The Morgan fingerprint density at radius 2 is 2.00 bits per heavy atom. The Morgan fingerprint density at radius 1 is 1.33 bits per heavy atom. The van der Waals surface area contributed by atoms with E-state index in [9.17, 15) is 13.2 Å². The molecule has 0 aliphatic carbocycles. The summed E-state index contributed by atoms with van der Waals surface area (Å²) in [6, 6.07) is 0.862. The minimum atomic E-state index is -4.52. The number of rotatable bonds is 5. The standard InChI is InChI=1S/C10H16F3N5/c1-6(2)3-4-15-8-5-7(10(11,12)13)16-9(17-8)18-14/h5-6H,3-4,14H2,1-2H3,(H2,15,16,17,18). The molecular weight excluding hydrogens is 247 g/mol. The van der Waals surface area contributed by atoms with Crippen LogP contribution in [0.15, 0.2) is 6.07 Å². The van der Waals surface area contributed by atoms with E-state index in [2.05, 4.69) is 15.3 Å². The van der Waals surface area contributed by atoms with Crippen LogP contribution in [0.4, 0.5) is 24.9 Å². The normalized spacial score (nSPS) is 11.7. The summed E-state index contributed by atoms with van der Waals surface area (Å²) in [5, 5.41) is 2.82. The molecule has 0 radical (unpaired) electrons.